The third-order valence-corrected chi connectivity index (χ3v) is 4.80. The molecule has 3 aromatic rings. The maximum atomic E-state index is 6.24. The number of piperazine rings is 1. The maximum Gasteiger partial charge on any atom is 0.156 e. The molecule has 1 saturated heterocycles. The van der Waals surface area contributed by atoms with E-state index in [1.807, 2.05) is 29.1 Å². The number of fused-ring (bicyclic) bond motifs is 1. The number of aromatic nitrogens is 3. The van der Waals surface area contributed by atoms with Crippen LogP contribution >= 0.6 is 23.2 Å². The number of halogens is 2. The summed E-state index contributed by atoms with van der Waals surface area (Å²) >= 11 is 12.3. The van der Waals surface area contributed by atoms with Crippen LogP contribution < -0.4 is 5.32 Å². The fourth-order valence-corrected chi connectivity index (χ4v) is 3.72. The summed E-state index contributed by atoms with van der Waals surface area (Å²) in [5.41, 5.74) is 2.94. The molecule has 4 rings (SSSR count). The summed E-state index contributed by atoms with van der Waals surface area (Å²) in [4.78, 5) is 11.3. The Kier molecular flexibility index (Phi) is 4.41. The second-order valence-corrected chi connectivity index (χ2v) is 6.79. The van der Waals surface area contributed by atoms with E-state index in [4.69, 9.17) is 23.2 Å². The van der Waals surface area contributed by atoms with Crippen molar-refractivity contribution in [3.05, 3.63) is 64.3 Å². The Morgan fingerprint density at radius 1 is 1.29 bits per heavy atom. The van der Waals surface area contributed by atoms with Gasteiger partial charge in [-0.2, -0.15) is 0 Å². The zero-order valence-electron chi connectivity index (χ0n) is 13.0. The van der Waals surface area contributed by atoms with E-state index in [0.29, 0.717) is 10.0 Å². The predicted octanol–water partition coefficient (Wildman–Crippen LogP) is 3.18. The summed E-state index contributed by atoms with van der Waals surface area (Å²) < 4.78 is 1.89. The van der Waals surface area contributed by atoms with Gasteiger partial charge in [0.2, 0.25) is 0 Å². The third-order valence-electron chi connectivity index (χ3n) is 4.31. The molecule has 1 fully saturated rings. The molecule has 1 N–H and O–H groups in total. The van der Waals surface area contributed by atoms with E-state index in [2.05, 4.69) is 26.3 Å². The van der Waals surface area contributed by atoms with E-state index in [9.17, 15) is 0 Å². The molecular weight excluding hydrogens is 345 g/mol. The fourth-order valence-electron chi connectivity index (χ4n) is 3.20. The average molecular weight is 362 g/mol. The smallest absolute Gasteiger partial charge is 0.156 e. The van der Waals surface area contributed by atoms with Crippen LogP contribution in [0.25, 0.3) is 5.65 Å². The molecule has 1 aliphatic rings. The number of nitrogens with zero attached hydrogens (tertiary/aromatic N) is 4. The topological polar surface area (TPSA) is 45.5 Å². The fraction of sp³-hybridized carbons (Fsp3) is 0.294. The van der Waals surface area contributed by atoms with Gasteiger partial charge in [-0.25, -0.2) is 4.98 Å². The molecule has 0 amide bonds. The Hall–Kier alpha value is -1.66. The minimum Gasteiger partial charge on any atom is -0.314 e. The molecule has 0 spiro atoms. The highest BCUT2D eigenvalue weighted by molar-refractivity contribution is 6.36. The molecule has 124 valence electrons. The van der Waals surface area contributed by atoms with Crippen LogP contribution in [0.2, 0.25) is 10.0 Å². The standard InChI is InChI=1S/C17H17Cl2N5/c18-13-6-15(19)17-22-14(11-24(17)9-13)10-23-5-4-21-8-16(23)12-2-1-3-20-7-12/h1-3,6-7,9,11,16,21H,4-5,8,10H2. The van der Waals surface area contributed by atoms with Gasteiger partial charge < -0.3 is 9.72 Å². The largest absolute Gasteiger partial charge is 0.314 e. The van der Waals surface area contributed by atoms with Gasteiger partial charge in [-0.15, -0.1) is 0 Å². The van der Waals surface area contributed by atoms with Crippen LogP contribution in [0.5, 0.6) is 0 Å². The highest BCUT2D eigenvalue weighted by atomic mass is 35.5. The Morgan fingerprint density at radius 3 is 3.04 bits per heavy atom. The number of hydrogen-bond donors (Lipinski definition) is 1. The molecule has 0 aromatic carbocycles. The monoisotopic (exact) mass is 361 g/mol. The van der Waals surface area contributed by atoms with Crippen molar-refractivity contribution < 1.29 is 0 Å². The van der Waals surface area contributed by atoms with E-state index in [1.165, 1.54) is 5.56 Å². The van der Waals surface area contributed by atoms with Crippen LogP contribution in [0.4, 0.5) is 0 Å². The lowest BCUT2D eigenvalue weighted by atomic mass is 10.1. The van der Waals surface area contributed by atoms with Crippen LogP contribution in [0, 0.1) is 0 Å². The molecule has 0 saturated carbocycles. The first-order valence-corrected chi connectivity index (χ1v) is 8.63. The molecule has 4 heterocycles. The van der Waals surface area contributed by atoms with Crippen LogP contribution in [0.15, 0.2) is 43.0 Å². The van der Waals surface area contributed by atoms with Gasteiger partial charge >= 0.3 is 0 Å². The van der Waals surface area contributed by atoms with Crippen molar-refractivity contribution in [2.24, 2.45) is 0 Å². The summed E-state index contributed by atoms with van der Waals surface area (Å²) in [7, 11) is 0. The first kappa shape index (κ1) is 15.8. The molecular formula is C17H17Cl2N5. The highest BCUT2D eigenvalue weighted by Crippen LogP contribution is 2.25. The van der Waals surface area contributed by atoms with Crippen molar-refractivity contribution in [2.75, 3.05) is 19.6 Å². The Labute approximate surface area is 150 Å². The Morgan fingerprint density at radius 2 is 2.21 bits per heavy atom. The minimum absolute atomic E-state index is 0.288. The molecule has 1 atom stereocenters. The van der Waals surface area contributed by atoms with Crippen molar-refractivity contribution >= 4 is 28.8 Å². The predicted molar refractivity (Wildman–Crippen MR) is 95.5 cm³/mol. The zero-order valence-corrected chi connectivity index (χ0v) is 14.5. The molecule has 0 bridgehead atoms. The van der Waals surface area contributed by atoms with Gasteiger partial charge in [0, 0.05) is 57.0 Å². The summed E-state index contributed by atoms with van der Waals surface area (Å²) in [5.74, 6) is 0. The molecule has 1 unspecified atom stereocenters. The minimum atomic E-state index is 0.288. The van der Waals surface area contributed by atoms with Gasteiger partial charge in [-0.3, -0.25) is 9.88 Å². The van der Waals surface area contributed by atoms with Crippen LogP contribution in [-0.2, 0) is 6.54 Å². The highest BCUT2D eigenvalue weighted by Gasteiger charge is 2.24. The van der Waals surface area contributed by atoms with E-state index >= 15 is 0 Å². The Balaban J connectivity index is 1.62. The van der Waals surface area contributed by atoms with E-state index < -0.39 is 0 Å². The van der Waals surface area contributed by atoms with Gasteiger partial charge in [-0.1, -0.05) is 29.3 Å². The molecule has 0 radical (unpaired) electrons. The molecule has 1 aliphatic heterocycles. The molecule has 7 heteroatoms. The number of nitrogens with one attached hydrogen (secondary N) is 1. The van der Waals surface area contributed by atoms with Gasteiger partial charge in [0.1, 0.15) is 0 Å². The normalized spacial score (nSPS) is 19.0. The lowest BCUT2D eigenvalue weighted by Crippen LogP contribution is -2.45. The number of rotatable bonds is 3. The second-order valence-electron chi connectivity index (χ2n) is 5.95. The first-order chi connectivity index (χ1) is 11.7. The maximum absolute atomic E-state index is 6.24. The van der Waals surface area contributed by atoms with Crippen molar-refractivity contribution in [3.63, 3.8) is 0 Å². The SMILES string of the molecule is Clc1cc(Cl)c2nc(CN3CCNCC3c3cccnc3)cn2c1. The van der Waals surface area contributed by atoms with Crippen LogP contribution in [0.3, 0.4) is 0 Å². The molecule has 0 aliphatic carbocycles. The van der Waals surface area contributed by atoms with Crippen LogP contribution in [-0.4, -0.2) is 38.9 Å². The van der Waals surface area contributed by atoms with Crippen molar-refractivity contribution in [1.29, 1.82) is 0 Å². The van der Waals surface area contributed by atoms with Crippen molar-refractivity contribution in [2.45, 2.75) is 12.6 Å². The number of hydrogen-bond acceptors (Lipinski definition) is 4. The van der Waals surface area contributed by atoms with Crippen LogP contribution in [0.1, 0.15) is 17.3 Å². The third kappa shape index (κ3) is 3.13. The summed E-state index contributed by atoms with van der Waals surface area (Å²) in [5, 5.41) is 4.63. The number of imidazole rings is 1. The quantitative estimate of drug-likeness (QED) is 0.777. The molecule has 5 nitrogen and oxygen atoms in total. The average Bonchev–Trinajstić information content (AvgIpc) is 2.99. The second kappa shape index (κ2) is 6.69. The van der Waals surface area contributed by atoms with Gasteiger partial charge in [0.15, 0.2) is 5.65 Å². The van der Waals surface area contributed by atoms with Gasteiger partial charge in [0.05, 0.1) is 15.7 Å². The lowest BCUT2D eigenvalue weighted by molar-refractivity contribution is 0.152. The summed E-state index contributed by atoms with van der Waals surface area (Å²) in [6.45, 7) is 3.60. The zero-order chi connectivity index (χ0) is 16.5. The number of pyridine rings is 2. The first-order valence-electron chi connectivity index (χ1n) is 7.88. The van der Waals surface area contributed by atoms with Gasteiger partial charge in [-0.05, 0) is 17.7 Å². The molecule has 24 heavy (non-hydrogen) atoms. The lowest BCUT2D eigenvalue weighted by Gasteiger charge is -2.35. The molecule has 3 aromatic heterocycles. The van der Waals surface area contributed by atoms with E-state index in [0.717, 1.165) is 37.5 Å². The van der Waals surface area contributed by atoms with E-state index in [1.54, 1.807) is 12.3 Å². The van der Waals surface area contributed by atoms with Crippen molar-refractivity contribution in [3.8, 4) is 0 Å². The van der Waals surface area contributed by atoms with Crippen molar-refractivity contribution in [1.82, 2.24) is 24.6 Å². The summed E-state index contributed by atoms with van der Waals surface area (Å²) in [6.07, 6.45) is 7.56. The van der Waals surface area contributed by atoms with E-state index in [-0.39, 0.29) is 6.04 Å². The van der Waals surface area contributed by atoms with Gasteiger partial charge in [0.25, 0.3) is 0 Å². The Bertz CT molecular complexity index is 849. The summed E-state index contributed by atoms with van der Waals surface area (Å²) in [6, 6.07) is 6.11.